The molecule has 0 N–H and O–H groups in total. The average molecular weight is 182 g/mol. The van der Waals surface area contributed by atoms with Crippen molar-refractivity contribution in [1.29, 1.82) is 0 Å². The van der Waals surface area contributed by atoms with Gasteiger partial charge in [-0.3, -0.25) is 0 Å². The Morgan fingerprint density at radius 3 is 2.31 bits per heavy atom. The minimum absolute atomic E-state index is 0.858. The molecule has 0 aliphatic carbocycles. The second-order valence-electron chi connectivity index (χ2n) is 4.29. The largest absolute Gasteiger partial charge is 0.0917 e. The summed E-state index contributed by atoms with van der Waals surface area (Å²) in [6.45, 7) is 9.10. The zero-order valence-electron chi connectivity index (χ0n) is 9.84. The highest BCUT2D eigenvalue weighted by atomic mass is 14.2. The quantitative estimate of drug-likeness (QED) is 0.496. The molecule has 0 aromatic heterocycles. The SMILES string of the molecule is CC=CCCC(CCCC)C(C)C. The molecule has 1 unspecified atom stereocenters. The molecule has 0 nitrogen and oxygen atoms in total. The number of rotatable bonds is 7. The minimum atomic E-state index is 0.858. The lowest BCUT2D eigenvalue weighted by molar-refractivity contribution is 0.330. The Kier molecular flexibility index (Phi) is 8.18. The molecule has 0 saturated carbocycles. The topological polar surface area (TPSA) is 0 Å². The summed E-state index contributed by atoms with van der Waals surface area (Å²) >= 11 is 0. The molecule has 1 atom stereocenters. The summed E-state index contributed by atoms with van der Waals surface area (Å²) in [5, 5.41) is 0. The average Bonchev–Trinajstić information content (AvgIpc) is 2.10. The highest BCUT2D eigenvalue weighted by molar-refractivity contribution is 4.78. The zero-order chi connectivity index (χ0) is 10.1. The second-order valence-corrected chi connectivity index (χ2v) is 4.29. The molecule has 0 amide bonds. The van der Waals surface area contributed by atoms with E-state index in [2.05, 4.69) is 39.8 Å². The van der Waals surface area contributed by atoms with Crippen LogP contribution in [0.4, 0.5) is 0 Å². The molecule has 0 aliphatic heterocycles. The fraction of sp³-hybridized carbons (Fsp3) is 0.846. The van der Waals surface area contributed by atoms with Crippen molar-refractivity contribution in [2.75, 3.05) is 0 Å². The lowest BCUT2D eigenvalue weighted by atomic mass is 9.87. The Hall–Kier alpha value is -0.260. The van der Waals surface area contributed by atoms with Gasteiger partial charge in [0.2, 0.25) is 0 Å². The second kappa shape index (κ2) is 8.34. The minimum Gasteiger partial charge on any atom is -0.0917 e. The molecule has 78 valence electrons. The van der Waals surface area contributed by atoms with Crippen molar-refractivity contribution in [2.45, 2.75) is 59.8 Å². The van der Waals surface area contributed by atoms with Crippen LogP contribution < -0.4 is 0 Å². The van der Waals surface area contributed by atoms with Gasteiger partial charge in [0.05, 0.1) is 0 Å². The first-order valence-electron chi connectivity index (χ1n) is 5.83. The summed E-state index contributed by atoms with van der Waals surface area (Å²) in [4.78, 5) is 0. The summed E-state index contributed by atoms with van der Waals surface area (Å²) in [7, 11) is 0. The Morgan fingerprint density at radius 2 is 1.85 bits per heavy atom. The maximum absolute atomic E-state index is 2.36. The van der Waals surface area contributed by atoms with E-state index in [9.17, 15) is 0 Å². The fourth-order valence-electron chi connectivity index (χ4n) is 1.75. The van der Waals surface area contributed by atoms with E-state index in [1.54, 1.807) is 0 Å². The number of unbranched alkanes of at least 4 members (excludes halogenated alkanes) is 1. The number of hydrogen-bond acceptors (Lipinski definition) is 0. The van der Waals surface area contributed by atoms with Crippen molar-refractivity contribution in [3.8, 4) is 0 Å². The monoisotopic (exact) mass is 182 g/mol. The van der Waals surface area contributed by atoms with E-state index in [1.807, 2.05) is 0 Å². The van der Waals surface area contributed by atoms with E-state index in [4.69, 9.17) is 0 Å². The Labute approximate surface area is 84.4 Å². The first-order valence-corrected chi connectivity index (χ1v) is 5.83. The van der Waals surface area contributed by atoms with Crippen LogP contribution in [-0.2, 0) is 0 Å². The van der Waals surface area contributed by atoms with Gasteiger partial charge in [0.25, 0.3) is 0 Å². The van der Waals surface area contributed by atoms with Crippen LogP contribution in [0.2, 0.25) is 0 Å². The van der Waals surface area contributed by atoms with Gasteiger partial charge in [0, 0.05) is 0 Å². The summed E-state index contributed by atoms with van der Waals surface area (Å²) in [6.07, 6.45) is 11.3. The summed E-state index contributed by atoms with van der Waals surface area (Å²) in [5.41, 5.74) is 0. The van der Waals surface area contributed by atoms with E-state index < -0.39 is 0 Å². The van der Waals surface area contributed by atoms with E-state index in [1.165, 1.54) is 32.1 Å². The van der Waals surface area contributed by atoms with Crippen molar-refractivity contribution < 1.29 is 0 Å². The van der Waals surface area contributed by atoms with Crippen LogP contribution in [0.1, 0.15) is 59.8 Å². The lowest BCUT2D eigenvalue weighted by Gasteiger charge is -2.19. The van der Waals surface area contributed by atoms with Gasteiger partial charge in [0.1, 0.15) is 0 Å². The van der Waals surface area contributed by atoms with Gasteiger partial charge in [-0.05, 0) is 31.6 Å². The molecule has 0 saturated heterocycles. The van der Waals surface area contributed by atoms with E-state index in [0.29, 0.717) is 0 Å². The molecule has 0 heteroatoms. The Bertz CT molecular complexity index is 122. The van der Waals surface area contributed by atoms with E-state index in [0.717, 1.165) is 11.8 Å². The van der Waals surface area contributed by atoms with Crippen LogP contribution in [0.3, 0.4) is 0 Å². The van der Waals surface area contributed by atoms with Crippen LogP contribution in [0.5, 0.6) is 0 Å². The fourth-order valence-corrected chi connectivity index (χ4v) is 1.75. The molecule has 0 radical (unpaired) electrons. The summed E-state index contributed by atoms with van der Waals surface area (Å²) < 4.78 is 0. The predicted octanol–water partition coefficient (Wildman–Crippen LogP) is 4.81. The van der Waals surface area contributed by atoms with Gasteiger partial charge in [-0.25, -0.2) is 0 Å². The Balaban J connectivity index is 3.66. The van der Waals surface area contributed by atoms with Gasteiger partial charge >= 0.3 is 0 Å². The molecule has 0 aromatic rings. The van der Waals surface area contributed by atoms with Gasteiger partial charge < -0.3 is 0 Å². The molecule has 13 heavy (non-hydrogen) atoms. The van der Waals surface area contributed by atoms with Crippen molar-refractivity contribution in [3.63, 3.8) is 0 Å². The van der Waals surface area contributed by atoms with E-state index in [-0.39, 0.29) is 0 Å². The lowest BCUT2D eigenvalue weighted by Crippen LogP contribution is -2.08. The smallest absolute Gasteiger partial charge is 0.0348 e. The van der Waals surface area contributed by atoms with Gasteiger partial charge in [-0.2, -0.15) is 0 Å². The number of allylic oxidation sites excluding steroid dienone is 2. The van der Waals surface area contributed by atoms with Gasteiger partial charge in [-0.1, -0.05) is 52.2 Å². The highest BCUT2D eigenvalue weighted by Gasteiger charge is 2.11. The normalized spacial score (nSPS) is 14.2. The van der Waals surface area contributed by atoms with Crippen LogP contribution in [0.15, 0.2) is 12.2 Å². The number of hydrogen-bond donors (Lipinski definition) is 0. The van der Waals surface area contributed by atoms with Gasteiger partial charge in [0.15, 0.2) is 0 Å². The third kappa shape index (κ3) is 6.86. The van der Waals surface area contributed by atoms with Crippen molar-refractivity contribution in [3.05, 3.63) is 12.2 Å². The zero-order valence-corrected chi connectivity index (χ0v) is 9.84. The summed E-state index contributed by atoms with van der Waals surface area (Å²) in [5.74, 6) is 1.80. The first-order chi connectivity index (χ1) is 6.22. The third-order valence-corrected chi connectivity index (χ3v) is 2.81. The molecule has 0 rings (SSSR count). The predicted molar refractivity (Wildman–Crippen MR) is 61.9 cm³/mol. The van der Waals surface area contributed by atoms with Crippen LogP contribution in [0.25, 0.3) is 0 Å². The van der Waals surface area contributed by atoms with E-state index >= 15 is 0 Å². The summed E-state index contributed by atoms with van der Waals surface area (Å²) in [6, 6.07) is 0. The molecule has 0 bridgehead atoms. The molecular weight excluding hydrogens is 156 g/mol. The molecule has 0 heterocycles. The Morgan fingerprint density at radius 1 is 1.15 bits per heavy atom. The molecule has 0 spiro atoms. The molecule has 0 aliphatic rings. The third-order valence-electron chi connectivity index (χ3n) is 2.81. The van der Waals surface area contributed by atoms with Crippen LogP contribution >= 0.6 is 0 Å². The molecule has 0 fully saturated rings. The first kappa shape index (κ1) is 12.7. The standard InChI is InChI=1S/C13H26/c1-5-7-9-11-13(12(3)4)10-8-6-2/h5,7,12-13H,6,8-11H2,1-4H3. The molecular formula is C13H26. The maximum Gasteiger partial charge on any atom is -0.0348 e. The van der Waals surface area contributed by atoms with Crippen molar-refractivity contribution in [2.24, 2.45) is 11.8 Å². The maximum atomic E-state index is 2.36. The van der Waals surface area contributed by atoms with Crippen LogP contribution in [0, 0.1) is 11.8 Å². The van der Waals surface area contributed by atoms with Crippen LogP contribution in [-0.4, -0.2) is 0 Å². The highest BCUT2D eigenvalue weighted by Crippen LogP contribution is 2.23. The molecule has 0 aromatic carbocycles. The van der Waals surface area contributed by atoms with Crippen molar-refractivity contribution >= 4 is 0 Å². The van der Waals surface area contributed by atoms with Crippen molar-refractivity contribution in [1.82, 2.24) is 0 Å². The van der Waals surface area contributed by atoms with Gasteiger partial charge in [-0.15, -0.1) is 0 Å².